The number of rotatable bonds is 6. The SMILES string of the molecule is O=C(CCn1c(=O)oc2cc(S(=O)(=O)N3CCCC3)ccc21)Nc1ccc(Cl)cc1. The molecule has 3 aromatic rings. The van der Waals surface area contributed by atoms with Gasteiger partial charge in [-0.15, -0.1) is 0 Å². The van der Waals surface area contributed by atoms with Crippen molar-refractivity contribution in [3.63, 3.8) is 0 Å². The Bertz CT molecular complexity index is 1240. The number of carbonyl (C=O) groups excluding carboxylic acids is 1. The van der Waals surface area contributed by atoms with Crippen LogP contribution in [0.1, 0.15) is 19.3 Å². The van der Waals surface area contributed by atoms with Crippen molar-refractivity contribution in [2.75, 3.05) is 18.4 Å². The summed E-state index contributed by atoms with van der Waals surface area (Å²) in [4.78, 5) is 24.5. The fourth-order valence-electron chi connectivity index (χ4n) is 3.47. The zero-order valence-electron chi connectivity index (χ0n) is 16.0. The van der Waals surface area contributed by atoms with Gasteiger partial charge in [-0.2, -0.15) is 4.31 Å². The molecule has 4 rings (SSSR count). The number of aryl methyl sites for hydroxylation is 1. The Kier molecular flexibility index (Phi) is 5.68. The van der Waals surface area contributed by atoms with Crippen LogP contribution >= 0.6 is 11.6 Å². The lowest BCUT2D eigenvalue weighted by molar-refractivity contribution is -0.116. The van der Waals surface area contributed by atoms with E-state index >= 15 is 0 Å². The van der Waals surface area contributed by atoms with Gasteiger partial charge < -0.3 is 9.73 Å². The smallest absolute Gasteiger partial charge is 0.408 e. The number of benzene rings is 2. The molecule has 1 saturated heterocycles. The zero-order chi connectivity index (χ0) is 21.3. The molecule has 10 heteroatoms. The molecule has 158 valence electrons. The van der Waals surface area contributed by atoms with Gasteiger partial charge in [0.2, 0.25) is 15.9 Å². The average Bonchev–Trinajstić information content (AvgIpc) is 3.36. The summed E-state index contributed by atoms with van der Waals surface area (Å²) in [5.74, 6) is -0.910. The minimum atomic E-state index is -3.61. The van der Waals surface area contributed by atoms with Gasteiger partial charge in [0.25, 0.3) is 0 Å². The lowest BCUT2D eigenvalue weighted by Gasteiger charge is -2.15. The number of anilines is 1. The fourth-order valence-corrected chi connectivity index (χ4v) is 5.13. The number of fused-ring (bicyclic) bond motifs is 1. The van der Waals surface area contributed by atoms with Crippen LogP contribution in [0.3, 0.4) is 0 Å². The van der Waals surface area contributed by atoms with E-state index in [0.29, 0.717) is 29.3 Å². The molecule has 1 N–H and O–H groups in total. The van der Waals surface area contributed by atoms with Gasteiger partial charge in [-0.1, -0.05) is 11.6 Å². The van der Waals surface area contributed by atoms with E-state index in [0.717, 1.165) is 12.8 Å². The van der Waals surface area contributed by atoms with Crippen LogP contribution in [-0.4, -0.2) is 36.3 Å². The van der Waals surface area contributed by atoms with Gasteiger partial charge in [-0.25, -0.2) is 13.2 Å². The second kappa shape index (κ2) is 8.25. The van der Waals surface area contributed by atoms with Gasteiger partial charge in [0.1, 0.15) is 0 Å². The molecule has 0 unspecified atom stereocenters. The van der Waals surface area contributed by atoms with E-state index in [-0.39, 0.29) is 29.4 Å². The third-order valence-corrected chi connectivity index (χ3v) is 7.18. The number of hydrogen-bond acceptors (Lipinski definition) is 5. The highest BCUT2D eigenvalue weighted by atomic mass is 35.5. The van der Waals surface area contributed by atoms with Crippen molar-refractivity contribution in [3.8, 4) is 0 Å². The van der Waals surface area contributed by atoms with Crippen LogP contribution < -0.4 is 11.1 Å². The molecule has 0 bridgehead atoms. The van der Waals surface area contributed by atoms with Crippen molar-refractivity contribution in [3.05, 3.63) is 58.0 Å². The molecule has 30 heavy (non-hydrogen) atoms. The second-order valence-corrected chi connectivity index (χ2v) is 9.44. The number of oxazole rings is 1. The maximum absolute atomic E-state index is 12.7. The van der Waals surface area contributed by atoms with Crippen molar-refractivity contribution in [1.82, 2.24) is 8.87 Å². The van der Waals surface area contributed by atoms with Crippen LogP contribution in [-0.2, 0) is 21.4 Å². The Morgan fingerprint density at radius 2 is 1.80 bits per heavy atom. The molecule has 1 amide bonds. The summed E-state index contributed by atoms with van der Waals surface area (Å²) in [6.45, 7) is 1.09. The van der Waals surface area contributed by atoms with E-state index in [1.54, 1.807) is 30.3 Å². The predicted molar refractivity (Wildman–Crippen MR) is 113 cm³/mol. The lowest BCUT2D eigenvalue weighted by Crippen LogP contribution is -2.27. The summed E-state index contributed by atoms with van der Waals surface area (Å²) in [5.41, 5.74) is 1.23. The van der Waals surface area contributed by atoms with Crippen LogP contribution in [0, 0.1) is 0 Å². The number of sulfonamides is 1. The first kappa shape index (κ1) is 20.6. The maximum Gasteiger partial charge on any atom is 0.419 e. The van der Waals surface area contributed by atoms with Gasteiger partial charge in [-0.05, 0) is 49.2 Å². The first-order valence-corrected chi connectivity index (χ1v) is 11.4. The summed E-state index contributed by atoms with van der Waals surface area (Å²) in [6.07, 6.45) is 1.72. The van der Waals surface area contributed by atoms with Crippen LogP contribution in [0.4, 0.5) is 5.69 Å². The van der Waals surface area contributed by atoms with Crippen molar-refractivity contribution >= 4 is 44.3 Å². The molecule has 1 aliphatic heterocycles. The van der Waals surface area contributed by atoms with E-state index < -0.39 is 15.8 Å². The minimum absolute atomic E-state index is 0.0466. The van der Waals surface area contributed by atoms with Crippen LogP contribution in [0.2, 0.25) is 5.02 Å². The third kappa shape index (κ3) is 4.14. The Labute approximate surface area is 178 Å². The van der Waals surface area contributed by atoms with Crippen LogP contribution in [0.5, 0.6) is 0 Å². The number of nitrogens with one attached hydrogen (secondary N) is 1. The average molecular weight is 450 g/mol. The molecular formula is C20H20ClN3O5S. The number of carbonyl (C=O) groups is 1. The van der Waals surface area contributed by atoms with Crippen molar-refractivity contribution < 1.29 is 17.6 Å². The molecule has 1 aliphatic rings. The number of halogens is 1. The maximum atomic E-state index is 12.7. The zero-order valence-corrected chi connectivity index (χ0v) is 17.6. The van der Waals surface area contributed by atoms with E-state index in [4.69, 9.17) is 16.0 Å². The summed E-state index contributed by atoms with van der Waals surface area (Å²) in [7, 11) is -3.61. The quantitative estimate of drug-likeness (QED) is 0.623. The molecule has 0 saturated carbocycles. The first-order valence-electron chi connectivity index (χ1n) is 9.53. The Morgan fingerprint density at radius 3 is 2.50 bits per heavy atom. The van der Waals surface area contributed by atoms with Gasteiger partial charge in [0.05, 0.1) is 10.4 Å². The number of amides is 1. The first-order chi connectivity index (χ1) is 14.3. The summed E-state index contributed by atoms with van der Waals surface area (Å²) in [5, 5.41) is 3.30. The van der Waals surface area contributed by atoms with Gasteiger partial charge in [0, 0.05) is 42.8 Å². The number of aromatic nitrogens is 1. The Balaban J connectivity index is 1.51. The molecule has 0 spiro atoms. The molecule has 8 nitrogen and oxygen atoms in total. The Morgan fingerprint density at radius 1 is 1.10 bits per heavy atom. The summed E-state index contributed by atoms with van der Waals surface area (Å²) in [6, 6.07) is 11.1. The van der Waals surface area contributed by atoms with E-state index in [1.165, 1.54) is 21.0 Å². The monoisotopic (exact) mass is 449 g/mol. The Hall–Kier alpha value is -2.62. The largest absolute Gasteiger partial charge is 0.419 e. The van der Waals surface area contributed by atoms with Crippen LogP contribution in [0.25, 0.3) is 11.1 Å². The molecule has 0 atom stereocenters. The number of nitrogens with zero attached hydrogens (tertiary/aromatic N) is 2. The van der Waals surface area contributed by atoms with Gasteiger partial charge in [-0.3, -0.25) is 9.36 Å². The predicted octanol–water partition coefficient (Wildman–Crippen LogP) is 3.06. The summed E-state index contributed by atoms with van der Waals surface area (Å²) >= 11 is 5.82. The highest BCUT2D eigenvalue weighted by Gasteiger charge is 2.28. The molecular weight excluding hydrogens is 430 g/mol. The van der Waals surface area contributed by atoms with E-state index in [2.05, 4.69) is 5.32 Å². The molecule has 0 aliphatic carbocycles. The molecule has 0 radical (unpaired) electrons. The van der Waals surface area contributed by atoms with E-state index in [9.17, 15) is 18.0 Å². The minimum Gasteiger partial charge on any atom is -0.408 e. The van der Waals surface area contributed by atoms with Crippen molar-refractivity contribution in [2.45, 2.75) is 30.7 Å². The highest BCUT2D eigenvalue weighted by molar-refractivity contribution is 7.89. The van der Waals surface area contributed by atoms with Gasteiger partial charge in [0.15, 0.2) is 5.58 Å². The normalized spacial score (nSPS) is 15.0. The molecule has 2 aromatic carbocycles. The van der Waals surface area contributed by atoms with Crippen molar-refractivity contribution in [2.24, 2.45) is 0 Å². The van der Waals surface area contributed by atoms with Crippen molar-refractivity contribution in [1.29, 1.82) is 0 Å². The van der Waals surface area contributed by atoms with Crippen LogP contribution in [0.15, 0.2) is 56.6 Å². The standard InChI is InChI=1S/C20H20ClN3O5S/c21-14-3-5-15(6-4-14)22-19(25)9-12-24-17-8-7-16(13-18(17)29-20(24)26)30(27,28)23-10-1-2-11-23/h3-8,13H,1-2,9-12H2,(H,22,25). The second-order valence-electron chi connectivity index (χ2n) is 7.07. The van der Waals surface area contributed by atoms with E-state index in [1.807, 2.05) is 0 Å². The summed E-state index contributed by atoms with van der Waals surface area (Å²) < 4.78 is 33.4. The molecule has 1 aromatic heterocycles. The third-order valence-electron chi connectivity index (χ3n) is 5.03. The molecule has 1 fully saturated rings. The topological polar surface area (TPSA) is 102 Å². The number of hydrogen-bond donors (Lipinski definition) is 1. The van der Waals surface area contributed by atoms with Gasteiger partial charge >= 0.3 is 5.76 Å². The fraction of sp³-hybridized carbons (Fsp3) is 0.300. The molecule has 2 heterocycles. The highest BCUT2D eigenvalue weighted by Crippen LogP contribution is 2.24. The lowest BCUT2D eigenvalue weighted by atomic mass is 10.3.